The molecule has 0 fully saturated rings. The largest absolute Gasteiger partial charge is 0.396 e. The molecule has 0 aromatic rings. The summed E-state index contributed by atoms with van der Waals surface area (Å²) in [6.07, 6.45) is 14.0. The average Bonchev–Trinajstić information content (AvgIpc) is 2.10. The Morgan fingerprint density at radius 2 is 1.58 bits per heavy atom. The molecule has 0 aliphatic carbocycles. The quantitative estimate of drug-likeness (QED) is 0.457. The predicted molar refractivity (Wildman–Crippen MR) is 54.1 cm³/mol. The SMILES string of the molecule is CCCC/C=C\C=C\CCCO. The first kappa shape index (κ1) is 11.4. The minimum Gasteiger partial charge on any atom is -0.396 e. The Balaban J connectivity index is 3.15. The zero-order valence-electron chi connectivity index (χ0n) is 8.00. The lowest BCUT2D eigenvalue weighted by Gasteiger charge is -1.87. The summed E-state index contributed by atoms with van der Waals surface area (Å²) in [6.45, 7) is 2.49. The molecule has 0 rings (SSSR count). The Bertz CT molecular complexity index is 109. The maximum atomic E-state index is 8.49. The number of aliphatic hydroxyl groups excluding tert-OH is 1. The van der Waals surface area contributed by atoms with Crippen molar-refractivity contribution in [3.8, 4) is 0 Å². The molecule has 0 bridgehead atoms. The molecule has 0 spiro atoms. The van der Waals surface area contributed by atoms with Crippen LogP contribution in [0.3, 0.4) is 0 Å². The number of hydrogen-bond acceptors (Lipinski definition) is 1. The van der Waals surface area contributed by atoms with Crippen molar-refractivity contribution < 1.29 is 5.11 Å². The number of rotatable bonds is 7. The van der Waals surface area contributed by atoms with E-state index in [1.165, 1.54) is 19.3 Å². The van der Waals surface area contributed by atoms with Gasteiger partial charge in [0.15, 0.2) is 0 Å². The fraction of sp³-hybridized carbons (Fsp3) is 0.636. The van der Waals surface area contributed by atoms with Crippen molar-refractivity contribution in [3.63, 3.8) is 0 Å². The van der Waals surface area contributed by atoms with Crippen molar-refractivity contribution in [2.75, 3.05) is 6.61 Å². The van der Waals surface area contributed by atoms with E-state index < -0.39 is 0 Å². The van der Waals surface area contributed by atoms with Crippen LogP contribution in [0.5, 0.6) is 0 Å². The van der Waals surface area contributed by atoms with Crippen LogP contribution in [0.25, 0.3) is 0 Å². The second kappa shape index (κ2) is 10.4. The summed E-state index contributed by atoms with van der Waals surface area (Å²) in [7, 11) is 0. The van der Waals surface area contributed by atoms with Crippen LogP contribution in [-0.4, -0.2) is 11.7 Å². The van der Waals surface area contributed by atoms with E-state index >= 15 is 0 Å². The van der Waals surface area contributed by atoms with Gasteiger partial charge in [-0.2, -0.15) is 0 Å². The van der Waals surface area contributed by atoms with Crippen LogP contribution in [0.1, 0.15) is 39.0 Å². The molecule has 0 heterocycles. The molecule has 0 saturated carbocycles. The third-order valence-corrected chi connectivity index (χ3v) is 1.64. The van der Waals surface area contributed by atoms with Gasteiger partial charge < -0.3 is 5.11 Å². The first-order valence-electron chi connectivity index (χ1n) is 4.84. The van der Waals surface area contributed by atoms with Crippen LogP contribution in [0.2, 0.25) is 0 Å². The molecule has 0 aliphatic rings. The Morgan fingerprint density at radius 1 is 1.00 bits per heavy atom. The smallest absolute Gasteiger partial charge is 0.0433 e. The lowest BCUT2D eigenvalue weighted by atomic mass is 10.2. The first-order chi connectivity index (χ1) is 5.91. The second-order valence-electron chi connectivity index (χ2n) is 2.86. The van der Waals surface area contributed by atoms with Crippen molar-refractivity contribution >= 4 is 0 Å². The molecule has 0 atom stereocenters. The maximum Gasteiger partial charge on any atom is 0.0433 e. The molecule has 0 aliphatic heterocycles. The molecular weight excluding hydrogens is 148 g/mol. The standard InChI is InChI=1S/C11H20O/c1-2-3-4-5-6-7-8-9-10-11-12/h5-8,12H,2-4,9-11H2,1H3/b6-5-,8-7+. The Labute approximate surface area is 75.8 Å². The van der Waals surface area contributed by atoms with Gasteiger partial charge in [-0.15, -0.1) is 0 Å². The van der Waals surface area contributed by atoms with Gasteiger partial charge in [0, 0.05) is 6.61 Å². The predicted octanol–water partition coefficient (Wildman–Crippen LogP) is 3.06. The van der Waals surface area contributed by atoms with Crippen molar-refractivity contribution in [3.05, 3.63) is 24.3 Å². The van der Waals surface area contributed by atoms with Gasteiger partial charge in [0.2, 0.25) is 0 Å². The first-order valence-corrected chi connectivity index (χ1v) is 4.84. The summed E-state index contributed by atoms with van der Waals surface area (Å²) in [5, 5.41) is 8.49. The highest BCUT2D eigenvalue weighted by Crippen LogP contribution is 1.95. The molecule has 1 nitrogen and oxygen atoms in total. The van der Waals surface area contributed by atoms with Gasteiger partial charge in [-0.3, -0.25) is 0 Å². The number of unbranched alkanes of at least 4 members (excludes halogenated alkanes) is 3. The highest BCUT2D eigenvalue weighted by atomic mass is 16.2. The molecule has 1 N–H and O–H groups in total. The Kier molecular flexibility index (Phi) is 9.95. The number of allylic oxidation sites excluding steroid dienone is 4. The molecule has 1 heteroatoms. The van der Waals surface area contributed by atoms with E-state index in [0.29, 0.717) is 6.61 Å². The topological polar surface area (TPSA) is 20.2 Å². The van der Waals surface area contributed by atoms with E-state index in [1.807, 2.05) is 0 Å². The van der Waals surface area contributed by atoms with Gasteiger partial charge in [0.25, 0.3) is 0 Å². The summed E-state index contributed by atoms with van der Waals surface area (Å²) in [5.74, 6) is 0. The van der Waals surface area contributed by atoms with Gasteiger partial charge in [0.05, 0.1) is 0 Å². The molecule has 0 radical (unpaired) electrons. The van der Waals surface area contributed by atoms with Crippen molar-refractivity contribution in [1.29, 1.82) is 0 Å². The maximum absolute atomic E-state index is 8.49. The average molecular weight is 168 g/mol. The van der Waals surface area contributed by atoms with Gasteiger partial charge in [-0.1, -0.05) is 44.1 Å². The van der Waals surface area contributed by atoms with E-state index in [2.05, 4.69) is 31.2 Å². The highest BCUT2D eigenvalue weighted by Gasteiger charge is 1.77. The molecule has 0 saturated heterocycles. The summed E-state index contributed by atoms with van der Waals surface area (Å²) in [6, 6.07) is 0. The van der Waals surface area contributed by atoms with Crippen molar-refractivity contribution in [2.45, 2.75) is 39.0 Å². The van der Waals surface area contributed by atoms with E-state index in [0.717, 1.165) is 12.8 Å². The molecule has 12 heavy (non-hydrogen) atoms. The Hall–Kier alpha value is -0.560. The zero-order chi connectivity index (χ0) is 9.07. The molecular formula is C11H20O. The number of aliphatic hydroxyl groups is 1. The minimum absolute atomic E-state index is 0.296. The van der Waals surface area contributed by atoms with E-state index in [1.54, 1.807) is 0 Å². The molecule has 0 aromatic carbocycles. The minimum atomic E-state index is 0.296. The van der Waals surface area contributed by atoms with E-state index in [9.17, 15) is 0 Å². The number of hydrogen-bond donors (Lipinski definition) is 1. The van der Waals surface area contributed by atoms with Crippen LogP contribution in [0.4, 0.5) is 0 Å². The van der Waals surface area contributed by atoms with Crippen LogP contribution in [-0.2, 0) is 0 Å². The molecule has 0 aromatic heterocycles. The summed E-state index contributed by atoms with van der Waals surface area (Å²) >= 11 is 0. The second-order valence-corrected chi connectivity index (χ2v) is 2.86. The van der Waals surface area contributed by atoms with Crippen LogP contribution < -0.4 is 0 Å². The van der Waals surface area contributed by atoms with Gasteiger partial charge in [0.1, 0.15) is 0 Å². The molecule has 0 amide bonds. The van der Waals surface area contributed by atoms with Crippen LogP contribution >= 0.6 is 0 Å². The zero-order valence-corrected chi connectivity index (χ0v) is 8.00. The Morgan fingerprint density at radius 3 is 2.08 bits per heavy atom. The summed E-state index contributed by atoms with van der Waals surface area (Å²) in [4.78, 5) is 0. The van der Waals surface area contributed by atoms with Gasteiger partial charge >= 0.3 is 0 Å². The lowest BCUT2D eigenvalue weighted by molar-refractivity contribution is 0.289. The fourth-order valence-corrected chi connectivity index (χ4v) is 0.881. The summed E-state index contributed by atoms with van der Waals surface area (Å²) in [5.41, 5.74) is 0. The van der Waals surface area contributed by atoms with E-state index in [-0.39, 0.29) is 0 Å². The molecule has 70 valence electrons. The van der Waals surface area contributed by atoms with Crippen LogP contribution in [0.15, 0.2) is 24.3 Å². The third kappa shape index (κ3) is 9.44. The lowest BCUT2D eigenvalue weighted by Crippen LogP contribution is -1.77. The fourth-order valence-electron chi connectivity index (χ4n) is 0.881. The highest BCUT2D eigenvalue weighted by molar-refractivity contribution is 5.02. The third-order valence-electron chi connectivity index (χ3n) is 1.64. The van der Waals surface area contributed by atoms with Crippen LogP contribution in [0, 0.1) is 0 Å². The normalized spacial score (nSPS) is 11.8. The van der Waals surface area contributed by atoms with Gasteiger partial charge in [-0.25, -0.2) is 0 Å². The molecule has 0 unspecified atom stereocenters. The summed E-state index contributed by atoms with van der Waals surface area (Å²) < 4.78 is 0. The monoisotopic (exact) mass is 168 g/mol. The van der Waals surface area contributed by atoms with Crippen molar-refractivity contribution in [1.82, 2.24) is 0 Å². The van der Waals surface area contributed by atoms with Gasteiger partial charge in [-0.05, 0) is 19.3 Å². The van der Waals surface area contributed by atoms with Crippen molar-refractivity contribution in [2.24, 2.45) is 0 Å². The van der Waals surface area contributed by atoms with E-state index in [4.69, 9.17) is 5.11 Å².